The third-order valence-corrected chi connectivity index (χ3v) is 5.73. The SMILES string of the molecule is CCCCN1C(=O)C(=O)/C(=C(\O)c2ccc(Cl)c(OC)c2)C1c1ccc(CC)cc1. The number of aliphatic hydroxyl groups is 1. The van der Waals surface area contributed by atoms with E-state index in [0.717, 1.165) is 30.4 Å². The number of carbonyl (C=O) groups is 2. The minimum Gasteiger partial charge on any atom is -0.507 e. The minimum absolute atomic E-state index is 0.0877. The summed E-state index contributed by atoms with van der Waals surface area (Å²) in [7, 11) is 1.48. The quantitative estimate of drug-likeness (QED) is 0.377. The van der Waals surface area contributed by atoms with Crippen LogP contribution in [0.5, 0.6) is 5.75 Å². The summed E-state index contributed by atoms with van der Waals surface area (Å²) in [5, 5.41) is 11.5. The first-order valence-corrected chi connectivity index (χ1v) is 10.5. The second-order valence-electron chi connectivity index (χ2n) is 7.29. The highest BCUT2D eigenvalue weighted by Crippen LogP contribution is 2.40. The molecule has 1 aliphatic heterocycles. The number of hydrogen-bond acceptors (Lipinski definition) is 4. The summed E-state index contributed by atoms with van der Waals surface area (Å²) in [5.41, 5.74) is 2.42. The number of unbranched alkanes of at least 4 members (excludes halogenated alkanes) is 1. The number of halogens is 1. The fourth-order valence-corrected chi connectivity index (χ4v) is 3.88. The lowest BCUT2D eigenvalue weighted by Crippen LogP contribution is -2.30. The van der Waals surface area contributed by atoms with Gasteiger partial charge in [0.05, 0.1) is 23.7 Å². The molecule has 0 aromatic heterocycles. The molecule has 1 heterocycles. The zero-order valence-electron chi connectivity index (χ0n) is 17.4. The molecule has 0 bridgehead atoms. The van der Waals surface area contributed by atoms with Gasteiger partial charge in [-0.1, -0.05) is 56.1 Å². The summed E-state index contributed by atoms with van der Waals surface area (Å²) in [6, 6.07) is 11.9. The van der Waals surface area contributed by atoms with Crippen LogP contribution in [0.4, 0.5) is 0 Å². The van der Waals surface area contributed by atoms with E-state index in [2.05, 4.69) is 6.92 Å². The lowest BCUT2D eigenvalue weighted by Gasteiger charge is -2.25. The van der Waals surface area contributed by atoms with Crippen LogP contribution in [0.1, 0.15) is 49.4 Å². The Morgan fingerprint density at radius 2 is 1.83 bits per heavy atom. The summed E-state index contributed by atoms with van der Waals surface area (Å²) in [4.78, 5) is 27.3. The predicted octanol–water partition coefficient (Wildman–Crippen LogP) is 5.13. The summed E-state index contributed by atoms with van der Waals surface area (Å²) in [6.45, 7) is 4.54. The molecule has 3 rings (SSSR count). The van der Waals surface area contributed by atoms with Crippen LogP contribution in [0.25, 0.3) is 5.76 Å². The fraction of sp³-hybridized carbons (Fsp3) is 0.333. The van der Waals surface area contributed by atoms with Gasteiger partial charge in [-0.15, -0.1) is 0 Å². The molecule has 1 fully saturated rings. The molecule has 0 radical (unpaired) electrons. The van der Waals surface area contributed by atoms with Crippen LogP contribution in [-0.2, 0) is 16.0 Å². The molecule has 1 unspecified atom stereocenters. The minimum atomic E-state index is -0.679. The van der Waals surface area contributed by atoms with Gasteiger partial charge in [0.15, 0.2) is 0 Å². The van der Waals surface area contributed by atoms with E-state index < -0.39 is 17.7 Å². The van der Waals surface area contributed by atoms with Crippen molar-refractivity contribution in [3.8, 4) is 5.75 Å². The van der Waals surface area contributed by atoms with E-state index in [1.165, 1.54) is 7.11 Å². The third kappa shape index (κ3) is 4.08. The molecule has 5 nitrogen and oxygen atoms in total. The Balaban J connectivity index is 2.16. The summed E-state index contributed by atoms with van der Waals surface area (Å²) < 4.78 is 5.23. The maximum Gasteiger partial charge on any atom is 0.295 e. The molecular weight excluding hydrogens is 402 g/mol. The van der Waals surface area contributed by atoms with Crippen LogP contribution < -0.4 is 4.74 Å². The predicted molar refractivity (Wildman–Crippen MR) is 118 cm³/mol. The topological polar surface area (TPSA) is 66.8 Å². The van der Waals surface area contributed by atoms with Gasteiger partial charge in [-0.25, -0.2) is 0 Å². The van der Waals surface area contributed by atoms with Gasteiger partial charge in [-0.2, -0.15) is 0 Å². The highest BCUT2D eigenvalue weighted by atomic mass is 35.5. The van der Waals surface area contributed by atoms with E-state index >= 15 is 0 Å². The number of aliphatic hydroxyl groups excluding tert-OH is 1. The van der Waals surface area contributed by atoms with Gasteiger partial charge in [0.1, 0.15) is 11.5 Å². The molecule has 1 saturated heterocycles. The smallest absolute Gasteiger partial charge is 0.295 e. The number of carbonyl (C=O) groups excluding carboxylic acids is 2. The molecule has 0 spiro atoms. The Morgan fingerprint density at radius 1 is 1.13 bits per heavy atom. The molecule has 2 aromatic carbocycles. The maximum atomic E-state index is 13.0. The number of likely N-dealkylation sites (tertiary alicyclic amines) is 1. The maximum absolute atomic E-state index is 13.0. The van der Waals surface area contributed by atoms with Crippen molar-refractivity contribution < 1.29 is 19.4 Å². The van der Waals surface area contributed by atoms with Gasteiger partial charge >= 0.3 is 0 Å². The molecule has 6 heteroatoms. The average molecular weight is 428 g/mol. The van der Waals surface area contributed by atoms with Crippen LogP contribution in [0, 0.1) is 0 Å². The van der Waals surface area contributed by atoms with Crippen molar-refractivity contribution in [3.05, 3.63) is 69.8 Å². The number of aryl methyl sites for hydroxylation is 1. The zero-order chi connectivity index (χ0) is 21.8. The first-order chi connectivity index (χ1) is 14.4. The van der Waals surface area contributed by atoms with Crippen molar-refractivity contribution in [1.82, 2.24) is 4.90 Å². The number of methoxy groups -OCH3 is 1. The summed E-state index contributed by atoms with van der Waals surface area (Å²) >= 11 is 6.09. The normalized spacial score (nSPS) is 18.1. The Labute approximate surface area is 181 Å². The second kappa shape index (κ2) is 9.35. The largest absolute Gasteiger partial charge is 0.507 e. The number of benzene rings is 2. The summed E-state index contributed by atoms with van der Waals surface area (Å²) in [6.07, 6.45) is 2.55. The van der Waals surface area contributed by atoms with Crippen LogP contribution in [0.15, 0.2) is 48.0 Å². The molecule has 1 N–H and O–H groups in total. The first-order valence-electron chi connectivity index (χ1n) is 10.1. The number of rotatable bonds is 7. The van der Waals surface area contributed by atoms with E-state index in [4.69, 9.17) is 16.3 Å². The van der Waals surface area contributed by atoms with Crippen molar-refractivity contribution in [1.29, 1.82) is 0 Å². The number of ether oxygens (including phenoxy) is 1. The number of hydrogen-bond donors (Lipinski definition) is 1. The van der Waals surface area contributed by atoms with E-state index in [0.29, 0.717) is 22.9 Å². The average Bonchev–Trinajstić information content (AvgIpc) is 3.02. The lowest BCUT2D eigenvalue weighted by molar-refractivity contribution is -0.139. The van der Waals surface area contributed by atoms with Crippen molar-refractivity contribution >= 4 is 29.1 Å². The van der Waals surface area contributed by atoms with Crippen molar-refractivity contribution in [3.63, 3.8) is 0 Å². The lowest BCUT2D eigenvalue weighted by atomic mass is 9.94. The molecule has 30 heavy (non-hydrogen) atoms. The van der Waals surface area contributed by atoms with Gasteiger partial charge in [0.2, 0.25) is 0 Å². The van der Waals surface area contributed by atoms with E-state index in [1.54, 1.807) is 23.1 Å². The number of ketones is 1. The van der Waals surface area contributed by atoms with E-state index in [9.17, 15) is 14.7 Å². The second-order valence-corrected chi connectivity index (χ2v) is 7.70. The van der Waals surface area contributed by atoms with Crippen LogP contribution >= 0.6 is 11.6 Å². The van der Waals surface area contributed by atoms with Crippen LogP contribution in [-0.4, -0.2) is 35.4 Å². The summed E-state index contributed by atoms with van der Waals surface area (Å²) in [5.74, 6) is -1.12. The molecule has 1 amide bonds. The first kappa shape index (κ1) is 21.9. The number of Topliss-reactive ketones (excluding diaryl/α,β-unsaturated/α-hetero) is 1. The van der Waals surface area contributed by atoms with Crippen LogP contribution in [0.3, 0.4) is 0 Å². The van der Waals surface area contributed by atoms with E-state index in [1.807, 2.05) is 31.2 Å². The van der Waals surface area contributed by atoms with Gasteiger partial charge in [-0.05, 0) is 42.2 Å². The molecule has 158 valence electrons. The Kier molecular flexibility index (Phi) is 6.83. The highest BCUT2D eigenvalue weighted by molar-refractivity contribution is 6.46. The van der Waals surface area contributed by atoms with Gasteiger partial charge < -0.3 is 14.7 Å². The monoisotopic (exact) mass is 427 g/mol. The van der Waals surface area contributed by atoms with E-state index in [-0.39, 0.29) is 11.3 Å². The standard InChI is InChI=1S/C24H26ClNO4/c1-4-6-13-26-21(16-9-7-15(5-2)8-10-16)20(23(28)24(26)29)22(27)17-11-12-18(25)19(14-17)30-3/h7-12,14,21,27H,4-6,13H2,1-3H3/b22-20-. The molecule has 0 aliphatic carbocycles. The fourth-order valence-electron chi connectivity index (χ4n) is 3.68. The van der Waals surface area contributed by atoms with Gasteiger partial charge in [-0.3, -0.25) is 9.59 Å². The van der Waals surface area contributed by atoms with Crippen LogP contribution in [0.2, 0.25) is 5.02 Å². The Bertz CT molecular complexity index is 981. The van der Waals surface area contributed by atoms with Crippen molar-refractivity contribution in [2.24, 2.45) is 0 Å². The Morgan fingerprint density at radius 3 is 2.43 bits per heavy atom. The number of amides is 1. The van der Waals surface area contributed by atoms with Crippen molar-refractivity contribution in [2.75, 3.05) is 13.7 Å². The molecular formula is C24H26ClNO4. The zero-order valence-corrected chi connectivity index (χ0v) is 18.2. The molecule has 0 saturated carbocycles. The van der Waals surface area contributed by atoms with Gasteiger partial charge in [0.25, 0.3) is 11.7 Å². The Hall–Kier alpha value is -2.79. The molecule has 1 aliphatic rings. The molecule has 2 aromatic rings. The van der Waals surface area contributed by atoms with Gasteiger partial charge in [0, 0.05) is 12.1 Å². The third-order valence-electron chi connectivity index (χ3n) is 5.42. The highest BCUT2D eigenvalue weighted by Gasteiger charge is 2.45. The number of nitrogens with zero attached hydrogens (tertiary/aromatic N) is 1. The molecule has 1 atom stereocenters. The van der Waals surface area contributed by atoms with Crippen molar-refractivity contribution in [2.45, 2.75) is 39.2 Å².